The van der Waals surface area contributed by atoms with Crippen LogP contribution in [0.2, 0.25) is 0 Å². The van der Waals surface area contributed by atoms with E-state index >= 15 is 0 Å². The molecule has 1 unspecified atom stereocenters. The van der Waals surface area contributed by atoms with Crippen LogP contribution >= 0.6 is 0 Å². The molecule has 3 rings (SSSR count). The lowest BCUT2D eigenvalue weighted by atomic mass is 10.0. The molecule has 1 aromatic heterocycles. The van der Waals surface area contributed by atoms with Crippen LogP contribution < -0.4 is 5.32 Å². The van der Waals surface area contributed by atoms with E-state index in [2.05, 4.69) is 22.6 Å². The lowest BCUT2D eigenvalue weighted by molar-refractivity contribution is -0.121. The van der Waals surface area contributed by atoms with Gasteiger partial charge in [-0.15, -0.1) is 5.10 Å². The molecule has 5 heteroatoms. The third-order valence-corrected chi connectivity index (χ3v) is 7.28. The van der Waals surface area contributed by atoms with Crippen LogP contribution in [0.3, 0.4) is 0 Å². The topological polar surface area (TPSA) is 59.8 Å². The number of fused-ring (bicyclic) bond motifs is 1. The number of hydrogen-bond donors (Lipinski definition) is 1. The van der Waals surface area contributed by atoms with Crippen molar-refractivity contribution in [1.29, 1.82) is 0 Å². The standard InChI is InChI=1S/C32H48N4O/c1-2-3-4-5-6-7-8-9-10-11-12-13-14-15-16-20-27-31(37)32(33-28-23-18-17-19-24-28)36-30-26-22-21-25-29(30)34-35-36/h17-19,21-26,32-33H,2-16,20,27H2,1H3. The van der Waals surface area contributed by atoms with Gasteiger partial charge in [-0.3, -0.25) is 4.79 Å². The minimum absolute atomic E-state index is 0.157. The van der Waals surface area contributed by atoms with E-state index in [-0.39, 0.29) is 5.78 Å². The summed E-state index contributed by atoms with van der Waals surface area (Å²) in [5.74, 6) is 0.157. The Morgan fingerprint density at radius 1 is 0.703 bits per heavy atom. The number of benzene rings is 2. The Kier molecular flexibility index (Phi) is 13.8. The van der Waals surface area contributed by atoms with Crippen molar-refractivity contribution in [3.63, 3.8) is 0 Å². The molecule has 1 atom stereocenters. The Labute approximate surface area is 224 Å². The molecule has 1 N–H and O–H groups in total. The molecule has 1 heterocycles. The highest BCUT2D eigenvalue weighted by Gasteiger charge is 2.23. The van der Waals surface area contributed by atoms with E-state index in [1.807, 2.05) is 54.6 Å². The summed E-state index contributed by atoms with van der Waals surface area (Å²) in [6.07, 6.45) is 21.3. The molecule has 0 amide bonds. The summed E-state index contributed by atoms with van der Waals surface area (Å²) in [7, 11) is 0. The van der Waals surface area contributed by atoms with Gasteiger partial charge < -0.3 is 5.32 Å². The van der Waals surface area contributed by atoms with E-state index in [9.17, 15) is 4.79 Å². The molecular weight excluding hydrogens is 456 g/mol. The Balaban J connectivity index is 1.29. The molecule has 0 aliphatic carbocycles. The number of para-hydroxylation sites is 2. The van der Waals surface area contributed by atoms with E-state index in [4.69, 9.17) is 0 Å². The normalized spacial score (nSPS) is 12.1. The van der Waals surface area contributed by atoms with Gasteiger partial charge in [-0.05, 0) is 30.7 Å². The largest absolute Gasteiger partial charge is 0.358 e. The van der Waals surface area contributed by atoms with Crippen molar-refractivity contribution in [2.45, 2.75) is 122 Å². The van der Waals surface area contributed by atoms with Crippen LogP contribution in [0.15, 0.2) is 54.6 Å². The van der Waals surface area contributed by atoms with E-state index in [1.54, 1.807) is 4.68 Å². The first-order valence-corrected chi connectivity index (χ1v) is 14.9. The molecule has 0 fully saturated rings. The summed E-state index contributed by atoms with van der Waals surface area (Å²) in [5, 5.41) is 12.0. The second-order valence-corrected chi connectivity index (χ2v) is 10.5. The monoisotopic (exact) mass is 504 g/mol. The van der Waals surface area contributed by atoms with E-state index < -0.39 is 6.17 Å². The second kappa shape index (κ2) is 17.7. The van der Waals surface area contributed by atoms with Crippen molar-refractivity contribution in [2.75, 3.05) is 5.32 Å². The molecule has 37 heavy (non-hydrogen) atoms. The Hall–Kier alpha value is -2.69. The van der Waals surface area contributed by atoms with Gasteiger partial charge in [0.2, 0.25) is 0 Å². The van der Waals surface area contributed by atoms with Gasteiger partial charge in [-0.1, -0.05) is 139 Å². The maximum atomic E-state index is 13.3. The molecule has 0 radical (unpaired) electrons. The van der Waals surface area contributed by atoms with Crippen LogP contribution in [0.5, 0.6) is 0 Å². The van der Waals surface area contributed by atoms with Gasteiger partial charge in [0.15, 0.2) is 11.9 Å². The number of ketones is 1. The minimum Gasteiger partial charge on any atom is -0.358 e. The third kappa shape index (κ3) is 10.7. The maximum Gasteiger partial charge on any atom is 0.182 e. The molecule has 2 aromatic carbocycles. The molecule has 0 spiro atoms. The van der Waals surface area contributed by atoms with Crippen molar-refractivity contribution in [3.8, 4) is 0 Å². The predicted octanol–water partition coefficient (Wildman–Crippen LogP) is 9.26. The van der Waals surface area contributed by atoms with E-state index in [0.717, 1.165) is 29.6 Å². The van der Waals surface area contributed by atoms with Crippen LogP contribution in [-0.2, 0) is 4.79 Å². The number of nitrogens with zero attached hydrogens (tertiary/aromatic N) is 3. The number of Topliss-reactive ketones (excluding diaryl/α,β-unsaturated/α-hetero) is 1. The predicted molar refractivity (Wildman–Crippen MR) is 156 cm³/mol. The molecule has 202 valence electrons. The van der Waals surface area contributed by atoms with Gasteiger partial charge >= 0.3 is 0 Å². The zero-order valence-electron chi connectivity index (χ0n) is 23.0. The first kappa shape index (κ1) is 28.9. The molecular formula is C32H48N4O. The molecule has 0 bridgehead atoms. The van der Waals surface area contributed by atoms with Crippen LogP contribution in [0.25, 0.3) is 11.0 Å². The first-order valence-electron chi connectivity index (χ1n) is 14.9. The molecule has 0 aliphatic rings. The fourth-order valence-corrected chi connectivity index (χ4v) is 5.03. The SMILES string of the molecule is CCCCCCCCCCCCCCCCCCC(=O)C(Nc1ccccc1)n1nnc2ccccc21. The fraction of sp³-hybridized carbons (Fsp3) is 0.594. The molecule has 3 aromatic rings. The third-order valence-electron chi connectivity index (χ3n) is 7.28. The first-order chi connectivity index (χ1) is 18.3. The van der Waals surface area contributed by atoms with Crippen molar-refractivity contribution >= 4 is 22.5 Å². The highest BCUT2D eigenvalue weighted by molar-refractivity contribution is 5.86. The Morgan fingerprint density at radius 3 is 1.81 bits per heavy atom. The number of aromatic nitrogens is 3. The number of nitrogens with one attached hydrogen (secondary N) is 1. The van der Waals surface area contributed by atoms with Crippen molar-refractivity contribution < 1.29 is 4.79 Å². The van der Waals surface area contributed by atoms with E-state index in [1.165, 1.54) is 89.9 Å². The summed E-state index contributed by atoms with van der Waals surface area (Å²) in [4.78, 5) is 13.3. The number of carbonyl (C=O) groups excluding carboxylic acids is 1. The van der Waals surface area contributed by atoms with Gasteiger partial charge in [-0.25, -0.2) is 4.68 Å². The van der Waals surface area contributed by atoms with E-state index in [0.29, 0.717) is 6.42 Å². The minimum atomic E-state index is -0.550. The average molecular weight is 505 g/mol. The lowest BCUT2D eigenvalue weighted by Crippen LogP contribution is -2.28. The van der Waals surface area contributed by atoms with Gasteiger partial charge in [0.05, 0.1) is 5.52 Å². The maximum absolute atomic E-state index is 13.3. The summed E-state index contributed by atoms with van der Waals surface area (Å²) < 4.78 is 1.73. The van der Waals surface area contributed by atoms with Crippen molar-refractivity contribution in [3.05, 3.63) is 54.6 Å². The Morgan fingerprint density at radius 2 is 1.22 bits per heavy atom. The lowest BCUT2D eigenvalue weighted by Gasteiger charge is -2.19. The van der Waals surface area contributed by atoms with Crippen LogP contribution in [-0.4, -0.2) is 20.8 Å². The molecule has 0 saturated heterocycles. The van der Waals surface area contributed by atoms with Crippen LogP contribution in [0.4, 0.5) is 5.69 Å². The van der Waals surface area contributed by atoms with Crippen molar-refractivity contribution in [1.82, 2.24) is 15.0 Å². The average Bonchev–Trinajstić information content (AvgIpc) is 3.36. The number of hydrogen-bond acceptors (Lipinski definition) is 4. The van der Waals surface area contributed by atoms with Gasteiger partial charge in [0.1, 0.15) is 5.52 Å². The molecule has 5 nitrogen and oxygen atoms in total. The fourth-order valence-electron chi connectivity index (χ4n) is 5.03. The van der Waals surface area contributed by atoms with Crippen molar-refractivity contribution in [2.24, 2.45) is 0 Å². The summed E-state index contributed by atoms with van der Waals surface area (Å²) in [6.45, 7) is 2.28. The number of carbonyl (C=O) groups is 1. The smallest absolute Gasteiger partial charge is 0.182 e. The van der Waals surface area contributed by atoms with Crippen LogP contribution in [0, 0.1) is 0 Å². The highest BCUT2D eigenvalue weighted by Crippen LogP contribution is 2.22. The van der Waals surface area contributed by atoms with Gasteiger partial charge in [-0.2, -0.15) is 0 Å². The summed E-state index contributed by atoms with van der Waals surface area (Å²) in [5.41, 5.74) is 2.58. The Bertz CT molecular complexity index is 1000. The van der Waals surface area contributed by atoms with Gasteiger partial charge in [0, 0.05) is 12.1 Å². The van der Waals surface area contributed by atoms with Gasteiger partial charge in [0.25, 0.3) is 0 Å². The van der Waals surface area contributed by atoms with Crippen LogP contribution in [0.1, 0.15) is 122 Å². The summed E-state index contributed by atoms with van der Waals surface area (Å²) in [6, 6.07) is 17.7. The number of rotatable bonds is 21. The highest BCUT2D eigenvalue weighted by atomic mass is 16.1. The number of anilines is 1. The zero-order chi connectivity index (χ0) is 26.0. The quantitative estimate of drug-likeness (QED) is 0.147. The molecule has 0 saturated carbocycles. The number of unbranched alkanes of at least 4 members (excludes halogenated alkanes) is 15. The summed E-state index contributed by atoms with van der Waals surface area (Å²) >= 11 is 0. The zero-order valence-corrected chi connectivity index (χ0v) is 23.0. The molecule has 0 aliphatic heterocycles. The second-order valence-electron chi connectivity index (χ2n) is 10.5.